The van der Waals surface area contributed by atoms with Gasteiger partial charge in [-0.25, -0.2) is 4.68 Å². The average Bonchev–Trinajstić information content (AvgIpc) is 3.17. The zero-order valence-corrected chi connectivity index (χ0v) is 14.5. The average molecular weight is 349 g/mol. The van der Waals surface area contributed by atoms with Crippen molar-refractivity contribution in [2.45, 2.75) is 6.92 Å². The van der Waals surface area contributed by atoms with Gasteiger partial charge in [0, 0.05) is 26.0 Å². The molecule has 0 aliphatic carbocycles. The molecule has 0 fully saturated rings. The Labute approximate surface area is 151 Å². The quantitative estimate of drug-likeness (QED) is 0.645. The van der Waals surface area contributed by atoms with Crippen LogP contribution >= 0.6 is 0 Å². The Morgan fingerprint density at radius 1 is 1.27 bits per heavy atom. The number of hydrogen-bond donors (Lipinski definition) is 2. The number of primary amides is 1. The van der Waals surface area contributed by atoms with Gasteiger partial charge in [0.05, 0.1) is 17.0 Å². The molecular formula is C18H19N7O. The molecule has 8 nitrogen and oxygen atoms in total. The van der Waals surface area contributed by atoms with Gasteiger partial charge in [-0.15, -0.1) is 0 Å². The maximum atomic E-state index is 11.6. The van der Waals surface area contributed by atoms with Crippen LogP contribution in [-0.4, -0.2) is 40.3 Å². The lowest BCUT2D eigenvalue weighted by molar-refractivity contribution is -0.114. The first-order valence-corrected chi connectivity index (χ1v) is 7.89. The van der Waals surface area contributed by atoms with Gasteiger partial charge >= 0.3 is 0 Å². The topological polar surface area (TPSA) is 101 Å². The van der Waals surface area contributed by atoms with Crippen LogP contribution < -0.4 is 11.1 Å². The summed E-state index contributed by atoms with van der Waals surface area (Å²) >= 11 is 0. The first-order valence-electron chi connectivity index (χ1n) is 7.89. The van der Waals surface area contributed by atoms with Gasteiger partial charge in [0.1, 0.15) is 11.5 Å². The summed E-state index contributed by atoms with van der Waals surface area (Å²) in [4.78, 5) is 15.8. The number of hydrazone groups is 1. The summed E-state index contributed by atoms with van der Waals surface area (Å²) in [6.07, 6.45) is 3.64. The molecule has 0 saturated carbocycles. The van der Waals surface area contributed by atoms with Gasteiger partial charge in [-0.05, 0) is 25.1 Å². The lowest BCUT2D eigenvalue weighted by Crippen LogP contribution is -2.38. The number of amides is 1. The molecule has 0 atom stereocenters. The second-order valence-electron chi connectivity index (χ2n) is 5.54. The molecule has 0 spiro atoms. The fourth-order valence-electron chi connectivity index (χ4n) is 2.52. The van der Waals surface area contributed by atoms with Crippen molar-refractivity contribution in [3.8, 4) is 5.69 Å². The fourth-order valence-corrected chi connectivity index (χ4v) is 2.52. The van der Waals surface area contributed by atoms with E-state index in [4.69, 9.17) is 5.73 Å². The number of benzene rings is 1. The van der Waals surface area contributed by atoms with Crippen LogP contribution in [0.4, 0.5) is 0 Å². The molecule has 0 radical (unpaired) electrons. The zero-order chi connectivity index (χ0) is 18.7. The predicted octanol–water partition coefficient (Wildman–Crippen LogP) is 1.48. The summed E-state index contributed by atoms with van der Waals surface area (Å²) < 4.78 is 1.77. The lowest BCUT2D eigenvalue weighted by atomic mass is 10.2. The summed E-state index contributed by atoms with van der Waals surface area (Å²) in [5.74, 6) is 0.353. The van der Waals surface area contributed by atoms with E-state index >= 15 is 0 Å². The third-order valence-electron chi connectivity index (χ3n) is 3.94. The Kier molecular flexibility index (Phi) is 4.66. The molecule has 26 heavy (non-hydrogen) atoms. The maximum absolute atomic E-state index is 11.6. The highest BCUT2D eigenvalue weighted by atomic mass is 16.1. The zero-order valence-electron chi connectivity index (χ0n) is 14.5. The minimum absolute atomic E-state index is 0.312. The van der Waals surface area contributed by atoms with Crippen molar-refractivity contribution >= 4 is 24.2 Å². The normalized spacial score (nSPS) is 17.5. The van der Waals surface area contributed by atoms with Crippen molar-refractivity contribution in [3.05, 3.63) is 65.8 Å². The summed E-state index contributed by atoms with van der Waals surface area (Å²) in [5.41, 5.74) is 8.05. The van der Waals surface area contributed by atoms with Crippen molar-refractivity contribution in [3.63, 3.8) is 0 Å². The number of nitrogens with one attached hydrogen (secondary N) is 1. The van der Waals surface area contributed by atoms with Gasteiger partial charge in [0.25, 0.3) is 0 Å². The van der Waals surface area contributed by atoms with Crippen molar-refractivity contribution in [1.82, 2.24) is 20.1 Å². The first-order chi connectivity index (χ1) is 12.5. The number of carbonyl (C=O) groups is 1. The maximum Gasteiger partial charge on any atom is 0.248 e. The number of rotatable bonds is 4. The second-order valence-corrected chi connectivity index (χ2v) is 5.54. The van der Waals surface area contributed by atoms with Crippen molar-refractivity contribution in [1.29, 1.82) is 0 Å². The molecule has 3 N–H and O–H groups in total. The number of aromatic nitrogens is 2. The predicted molar refractivity (Wildman–Crippen MR) is 101 cm³/mol. The fraction of sp³-hybridized carbons (Fsp3) is 0.111. The second kappa shape index (κ2) is 7.06. The SMILES string of the molecule is C=NN1C(=NC)C=C(c2ccn(-c3ccccc3)n2)N/C1=C(/C)C(N)=O. The Bertz CT molecular complexity index is 937. The smallest absolute Gasteiger partial charge is 0.248 e. The van der Waals surface area contributed by atoms with Gasteiger partial charge in [-0.1, -0.05) is 18.2 Å². The highest BCUT2D eigenvalue weighted by molar-refractivity contribution is 6.03. The van der Waals surface area contributed by atoms with Crippen molar-refractivity contribution < 1.29 is 4.79 Å². The van der Waals surface area contributed by atoms with E-state index in [1.165, 1.54) is 5.01 Å². The summed E-state index contributed by atoms with van der Waals surface area (Å²) in [5, 5.41) is 13.1. The van der Waals surface area contributed by atoms with Gasteiger partial charge in [-0.3, -0.25) is 9.79 Å². The van der Waals surface area contributed by atoms with Gasteiger partial charge in [0.2, 0.25) is 5.91 Å². The highest BCUT2D eigenvalue weighted by Crippen LogP contribution is 2.22. The van der Waals surface area contributed by atoms with Crippen LogP contribution in [0.2, 0.25) is 0 Å². The van der Waals surface area contributed by atoms with E-state index in [1.807, 2.05) is 42.6 Å². The van der Waals surface area contributed by atoms with Crippen LogP contribution in [0.5, 0.6) is 0 Å². The molecule has 3 rings (SSSR count). The standard InChI is InChI=1S/C18H19N7O/c1-12(17(19)26)18-22-15(11-16(20-2)25(18)21-3)14-9-10-24(23-14)13-7-5-4-6-8-13/h4-11,22H,3H2,1-2H3,(H2,19,26)/b18-12+,20-16?. The van der Waals surface area contributed by atoms with Crippen LogP contribution in [0.1, 0.15) is 12.6 Å². The van der Waals surface area contributed by atoms with Crippen molar-refractivity contribution in [2.75, 3.05) is 7.05 Å². The first kappa shape index (κ1) is 17.2. The minimum atomic E-state index is -0.562. The number of nitrogens with zero attached hydrogens (tertiary/aromatic N) is 5. The molecule has 132 valence electrons. The van der Waals surface area contributed by atoms with Gasteiger partial charge in [-0.2, -0.15) is 15.2 Å². The summed E-state index contributed by atoms with van der Waals surface area (Å²) in [7, 11) is 1.63. The van der Waals surface area contributed by atoms with E-state index in [9.17, 15) is 4.79 Å². The van der Waals surface area contributed by atoms with Crippen molar-refractivity contribution in [2.24, 2.45) is 15.8 Å². The minimum Gasteiger partial charge on any atom is -0.366 e. The monoisotopic (exact) mass is 349 g/mol. The van der Waals surface area contributed by atoms with E-state index in [2.05, 4.69) is 27.2 Å². The Morgan fingerprint density at radius 3 is 2.62 bits per heavy atom. The number of amidine groups is 1. The number of nitrogens with two attached hydrogens (primary N) is 1. The van der Waals surface area contributed by atoms with Crippen LogP contribution in [0, 0.1) is 0 Å². The molecule has 2 heterocycles. The van der Waals surface area contributed by atoms with E-state index < -0.39 is 5.91 Å². The number of carbonyl (C=O) groups excluding carboxylic acids is 1. The van der Waals surface area contributed by atoms with Crippen LogP contribution in [0.25, 0.3) is 11.4 Å². The molecule has 1 aliphatic heterocycles. The van der Waals surface area contributed by atoms with E-state index in [1.54, 1.807) is 24.7 Å². The van der Waals surface area contributed by atoms with E-state index in [-0.39, 0.29) is 0 Å². The summed E-state index contributed by atoms with van der Waals surface area (Å²) in [6.45, 7) is 5.15. The highest BCUT2D eigenvalue weighted by Gasteiger charge is 2.25. The van der Waals surface area contributed by atoms with Gasteiger partial charge in [0.15, 0.2) is 5.84 Å². The summed E-state index contributed by atoms with van der Waals surface area (Å²) in [6, 6.07) is 11.6. The molecule has 2 aromatic rings. The largest absolute Gasteiger partial charge is 0.366 e. The van der Waals surface area contributed by atoms with Crippen LogP contribution in [0.15, 0.2) is 70.2 Å². The van der Waals surface area contributed by atoms with E-state index in [0.717, 1.165) is 5.69 Å². The lowest BCUT2D eigenvalue weighted by Gasteiger charge is -2.29. The van der Waals surface area contributed by atoms with Crippen LogP contribution in [0.3, 0.4) is 0 Å². The molecule has 8 heteroatoms. The third-order valence-corrected chi connectivity index (χ3v) is 3.94. The molecule has 0 unspecified atom stereocenters. The van der Waals surface area contributed by atoms with E-state index in [0.29, 0.717) is 28.6 Å². The Balaban J connectivity index is 2.04. The molecule has 1 aromatic carbocycles. The third kappa shape index (κ3) is 3.12. The molecule has 1 amide bonds. The molecular weight excluding hydrogens is 330 g/mol. The van der Waals surface area contributed by atoms with Crippen LogP contribution in [-0.2, 0) is 4.79 Å². The molecule has 1 aliphatic rings. The number of aliphatic imine (C=N–C) groups is 1. The van der Waals surface area contributed by atoms with Gasteiger partial charge < -0.3 is 11.1 Å². The molecule has 0 bridgehead atoms. The molecule has 1 aromatic heterocycles. The molecule has 0 saturated heterocycles. The Hall–Kier alpha value is -3.68. The number of para-hydroxylation sites is 1. The Morgan fingerprint density at radius 2 is 2.00 bits per heavy atom. The number of hydrogen-bond acceptors (Lipinski definition) is 5.